The third kappa shape index (κ3) is 2.69. The van der Waals surface area contributed by atoms with Gasteiger partial charge in [0.05, 0.1) is 6.04 Å². The SMILES string of the molecule is CC(C)c1[nH]nc2c1C(c1ccc(F)cc1)N(Cc1ccccc1)C2=O. The molecule has 4 rings (SSSR count). The Bertz CT molecular complexity index is 932. The molecule has 132 valence electrons. The third-order valence-corrected chi connectivity index (χ3v) is 4.84. The van der Waals surface area contributed by atoms with Crippen molar-refractivity contribution >= 4 is 5.91 Å². The van der Waals surface area contributed by atoms with E-state index >= 15 is 0 Å². The van der Waals surface area contributed by atoms with E-state index in [1.807, 2.05) is 35.2 Å². The minimum atomic E-state index is -0.288. The van der Waals surface area contributed by atoms with Crippen LogP contribution in [-0.2, 0) is 6.54 Å². The number of aromatic nitrogens is 2. The first-order valence-corrected chi connectivity index (χ1v) is 8.74. The Morgan fingerprint density at radius 1 is 1.12 bits per heavy atom. The highest BCUT2D eigenvalue weighted by atomic mass is 19.1. The second-order valence-corrected chi connectivity index (χ2v) is 6.93. The van der Waals surface area contributed by atoms with E-state index in [0.29, 0.717) is 12.2 Å². The first kappa shape index (κ1) is 16.5. The molecule has 0 spiro atoms. The molecule has 1 aromatic heterocycles. The van der Waals surface area contributed by atoms with Crippen molar-refractivity contribution < 1.29 is 9.18 Å². The van der Waals surface area contributed by atoms with Gasteiger partial charge in [-0.25, -0.2) is 4.39 Å². The first-order chi connectivity index (χ1) is 12.6. The van der Waals surface area contributed by atoms with Crippen LogP contribution in [0, 0.1) is 5.82 Å². The second kappa shape index (κ2) is 6.41. The molecular formula is C21H20FN3O. The predicted molar refractivity (Wildman–Crippen MR) is 97.2 cm³/mol. The lowest BCUT2D eigenvalue weighted by Crippen LogP contribution is -2.29. The molecule has 4 nitrogen and oxygen atoms in total. The molecule has 1 aliphatic rings. The molecule has 0 bridgehead atoms. The molecule has 0 saturated carbocycles. The van der Waals surface area contributed by atoms with Gasteiger partial charge in [-0.3, -0.25) is 9.89 Å². The maximum absolute atomic E-state index is 13.4. The van der Waals surface area contributed by atoms with Gasteiger partial charge in [-0.05, 0) is 29.2 Å². The fourth-order valence-electron chi connectivity index (χ4n) is 3.59. The predicted octanol–water partition coefficient (Wildman–Crippen LogP) is 4.42. The third-order valence-electron chi connectivity index (χ3n) is 4.84. The maximum atomic E-state index is 13.4. The van der Waals surface area contributed by atoms with Crippen LogP contribution in [-0.4, -0.2) is 21.0 Å². The van der Waals surface area contributed by atoms with Crippen molar-refractivity contribution in [1.29, 1.82) is 0 Å². The highest BCUT2D eigenvalue weighted by molar-refractivity contribution is 5.98. The number of rotatable bonds is 4. The van der Waals surface area contributed by atoms with E-state index in [1.54, 1.807) is 12.1 Å². The number of fused-ring (bicyclic) bond motifs is 1. The molecule has 1 amide bonds. The summed E-state index contributed by atoms with van der Waals surface area (Å²) in [5, 5.41) is 7.32. The van der Waals surface area contributed by atoms with E-state index in [4.69, 9.17) is 0 Å². The Kier molecular flexibility index (Phi) is 4.07. The Balaban J connectivity index is 1.82. The van der Waals surface area contributed by atoms with Gasteiger partial charge in [-0.1, -0.05) is 56.3 Å². The van der Waals surface area contributed by atoms with Crippen molar-refractivity contribution in [3.05, 3.63) is 88.5 Å². The Hall–Kier alpha value is -2.95. The van der Waals surface area contributed by atoms with Crippen LogP contribution >= 0.6 is 0 Å². The molecule has 0 radical (unpaired) electrons. The lowest BCUT2D eigenvalue weighted by Gasteiger charge is -2.27. The van der Waals surface area contributed by atoms with Crippen molar-refractivity contribution in [3.63, 3.8) is 0 Å². The molecule has 3 aromatic rings. The molecule has 26 heavy (non-hydrogen) atoms. The first-order valence-electron chi connectivity index (χ1n) is 8.74. The van der Waals surface area contributed by atoms with Gasteiger partial charge in [0.2, 0.25) is 0 Å². The number of hydrogen-bond acceptors (Lipinski definition) is 2. The quantitative estimate of drug-likeness (QED) is 0.758. The van der Waals surface area contributed by atoms with Gasteiger partial charge in [0.1, 0.15) is 5.82 Å². The number of carbonyl (C=O) groups excluding carboxylic acids is 1. The number of nitrogens with one attached hydrogen (secondary N) is 1. The zero-order valence-electron chi connectivity index (χ0n) is 14.7. The maximum Gasteiger partial charge on any atom is 0.275 e. The summed E-state index contributed by atoms with van der Waals surface area (Å²) >= 11 is 0. The molecule has 2 aromatic carbocycles. The Morgan fingerprint density at radius 3 is 2.46 bits per heavy atom. The van der Waals surface area contributed by atoms with Crippen molar-refractivity contribution in [2.45, 2.75) is 32.4 Å². The summed E-state index contributed by atoms with van der Waals surface area (Å²) in [4.78, 5) is 14.9. The van der Waals surface area contributed by atoms with E-state index in [0.717, 1.165) is 22.4 Å². The van der Waals surface area contributed by atoms with Crippen LogP contribution in [0.25, 0.3) is 0 Å². The van der Waals surface area contributed by atoms with Crippen LogP contribution in [0.1, 0.15) is 58.7 Å². The van der Waals surface area contributed by atoms with Gasteiger partial charge >= 0.3 is 0 Å². The number of halogens is 1. The monoisotopic (exact) mass is 349 g/mol. The van der Waals surface area contributed by atoms with Gasteiger partial charge in [-0.2, -0.15) is 5.10 Å². The van der Waals surface area contributed by atoms with Crippen LogP contribution in [0.5, 0.6) is 0 Å². The van der Waals surface area contributed by atoms with Gasteiger partial charge in [0.25, 0.3) is 5.91 Å². The van der Waals surface area contributed by atoms with Crippen LogP contribution in [0.15, 0.2) is 54.6 Å². The second-order valence-electron chi connectivity index (χ2n) is 6.93. The molecule has 0 saturated heterocycles. The van der Waals surface area contributed by atoms with Gasteiger partial charge in [-0.15, -0.1) is 0 Å². The summed E-state index contributed by atoms with van der Waals surface area (Å²) in [5.74, 6) is -0.177. The number of aromatic amines is 1. The Labute approximate surface area is 151 Å². The number of amides is 1. The molecule has 1 N–H and O–H groups in total. The number of nitrogens with zero attached hydrogens (tertiary/aromatic N) is 2. The Morgan fingerprint density at radius 2 is 1.81 bits per heavy atom. The van der Waals surface area contributed by atoms with Gasteiger partial charge < -0.3 is 4.90 Å². The van der Waals surface area contributed by atoms with E-state index in [9.17, 15) is 9.18 Å². The summed E-state index contributed by atoms with van der Waals surface area (Å²) < 4.78 is 13.4. The summed E-state index contributed by atoms with van der Waals surface area (Å²) in [7, 11) is 0. The van der Waals surface area contributed by atoms with E-state index < -0.39 is 0 Å². The molecule has 0 fully saturated rings. The normalized spacial score (nSPS) is 16.4. The van der Waals surface area contributed by atoms with Gasteiger partial charge in [0, 0.05) is 17.8 Å². The van der Waals surface area contributed by atoms with Crippen LogP contribution in [0.4, 0.5) is 4.39 Å². The van der Waals surface area contributed by atoms with Crippen molar-refractivity contribution in [2.24, 2.45) is 0 Å². The standard InChI is InChI=1S/C21H20FN3O/c1-13(2)18-17-19(24-23-18)21(26)25(12-14-6-4-3-5-7-14)20(17)15-8-10-16(22)11-9-15/h3-11,13,20H,12H2,1-2H3,(H,23,24). The zero-order valence-corrected chi connectivity index (χ0v) is 14.7. The number of hydrogen-bond donors (Lipinski definition) is 1. The molecule has 1 atom stereocenters. The lowest BCUT2D eigenvalue weighted by molar-refractivity contribution is 0.0729. The fraction of sp³-hybridized carbons (Fsp3) is 0.238. The number of H-pyrrole nitrogens is 1. The lowest BCUT2D eigenvalue weighted by atomic mass is 9.94. The summed E-state index contributed by atoms with van der Waals surface area (Å²) in [6, 6.07) is 16.0. The van der Waals surface area contributed by atoms with E-state index in [1.165, 1.54) is 12.1 Å². The molecule has 0 aliphatic carbocycles. The molecule has 1 unspecified atom stereocenters. The smallest absolute Gasteiger partial charge is 0.275 e. The molecular weight excluding hydrogens is 329 g/mol. The summed E-state index contributed by atoms with van der Waals surface area (Å²) in [6.07, 6.45) is 0. The summed E-state index contributed by atoms with van der Waals surface area (Å²) in [6.45, 7) is 4.62. The van der Waals surface area contributed by atoms with Crippen molar-refractivity contribution in [3.8, 4) is 0 Å². The van der Waals surface area contributed by atoms with E-state index in [-0.39, 0.29) is 23.7 Å². The van der Waals surface area contributed by atoms with Gasteiger partial charge in [0.15, 0.2) is 5.69 Å². The van der Waals surface area contributed by atoms with Crippen molar-refractivity contribution in [1.82, 2.24) is 15.1 Å². The number of carbonyl (C=O) groups is 1. The summed E-state index contributed by atoms with van der Waals surface area (Å²) in [5.41, 5.74) is 4.27. The minimum Gasteiger partial charge on any atom is -0.322 e. The highest BCUT2D eigenvalue weighted by Crippen LogP contribution is 2.42. The van der Waals surface area contributed by atoms with Crippen molar-refractivity contribution in [2.75, 3.05) is 0 Å². The zero-order chi connectivity index (χ0) is 18.3. The van der Waals surface area contributed by atoms with E-state index in [2.05, 4.69) is 24.0 Å². The average Bonchev–Trinajstić information content (AvgIpc) is 3.17. The van der Waals surface area contributed by atoms with Crippen LogP contribution < -0.4 is 0 Å². The minimum absolute atomic E-state index is 0.0960. The average molecular weight is 349 g/mol. The highest BCUT2D eigenvalue weighted by Gasteiger charge is 2.42. The molecule has 2 heterocycles. The van der Waals surface area contributed by atoms with Crippen LogP contribution in [0.2, 0.25) is 0 Å². The molecule has 1 aliphatic heterocycles. The topological polar surface area (TPSA) is 49.0 Å². The fourth-order valence-corrected chi connectivity index (χ4v) is 3.59. The molecule has 5 heteroatoms. The number of benzene rings is 2. The van der Waals surface area contributed by atoms with Crippen LogP contribution in [0.3, 0.4) is 0 Å². The largest absolute Gasteiger partial charge is 0.322 e.